The second-order valence-corrected chi connectivity index (χ2v) is 6.39. The predicted octanol–water partition coefficient (Wildman–Crippen LogP) is 3.52. The van der Waals surface area contributed by atoms with Crippen LogP contribution in [0.25, 0.3) is 0 Å². The summed E-state index contributed by atoms with van der Waals surface area (Å²) in [6.07, 6.45) is 3.96. The normalized spacial score (nSPS) is 33.3. The van der Waals surface area contributed by atoms with E-state index in [1.807, 2.05) is 0 Å². The van der Waals surface area contributed by atoms with Crippen molar-refractivity contribution in [3.05, 3.63) is 0 Å². The third-order valence-electron chi connectivity index (χ3n) is 5.09. The number of piperidine rings is 1. The number of nitrogens with one attached hydrogen (secondary N) is 1. The lowest BCUT2D eigenvalue weighted by molar-refractivity contribution is 0.0448. The van der Waals surface area contributed by atoms with Crippen molar-refractivity contribution in [2.24, 2.45) is 11.8 Å². The van der Waals surface area contributed by atoms with Crippen LogP contribution in [0, 0.1) is 11.8 Å². The second-order valence-electron chi connectivity index (χ2n) is 6.39. The van der Waals surface area contributed by atoms with E-state index in [1.165, 1.54) is 25.8 Å². The molecule has 0 aliphatic carbocycles. The molecule has 0 saturated carbocycles. The van der Waals surface area contributed by atoms with E-state index in [4.69, 9.17) is 0 Å². The van der Waals surface area contributed by atoms with Gasteiger partial charge in [-0.25, -0.2) is 0 Å². The van der Waals surface area contributed by atoms with Gasteiger partial charge < -0.3 is 5.32 Å². The molecular weight excluding hydrogens is 220 g/mol. The van der Waals surface area contributed by atoms with Crippen LogP contribution in [0.15, 0.2) is 0 Å². The lowest BCUT2D eigenvalue weighted by atomic mass is 9.85. The first kappa shape index (κ1) is 16.0. The van der Waals surface area contributed by atoms with Gasteiger partial charge >= 0.3 is 0 Å². The third kappa shape index (κ3) is 3.96. The Hall–Kier alpha value is -0.0800. The van der Waals surface area contributed by atoms with E-state index in [2.05, 4.69) is 51.8 Å². The van der Waals surface area contributed by atoms with Crippen LogP contribution in [0.4, 0.5) is 0 Å². The summed E-state index contributed by atoms with van der Waals surface area (Å²) in [6.45, 7) is 16.5. The molecule has 1 N–H and O–H groups in total. The highest BCUT2D eigenvalue weighted by atomic mass is 15.2. The Balaban J connectivity index is 2.53. The molecule has 1 saturated heterocycles. The van der Waals surface area contributed by atoms with Gasteiger partial charge in [-0.05, 0) is 45.1 Å². The van der Waals surface area contributed by atoms with Crippen LogP contribution in [0.2, 0.25) is 0 Å². The first-order valence-electron chi connectivity index (χ1n) is 8.00. The second kappa shape index (κ2) is 7.49. The third-order valence-corrected chi connectivity index (χ3v) is 5.09. The Bertz CT molecular complexity index is 229. The lowest BCUT2D eigenvalue weighted by Gasteiger charge is -2.46. The standard InChI is InChI=1S/C16H34N2/c1-7-12(3)11-13(4)18-10-9-16(17-8-2)14(5)15(18)6/h12-17H,7-11H2,1-6H3. The first-order chi connectivity index (χ1) is 8.51. The minimum atomic E-state index is 0.710. The van der Waals surface area contributed by atoms with Gasteiger partial charge in [0, 0.05) is 24.7 Å². The van der Waals surface area contributed by atoms with Crippen molar-refractivity contribution in [2.45, 2.75) is 78.9 Å². The Morgan fingerprint density at radius 2 is 1.89 bits per heavy atom. The molecule has 0 aromatic carbocycles. The zero-order valence-corrected chi connectivity index (χ0v) is 13.4. The molecule has 1 aliphatic heterocycles. The predicted molar refractivity (Wildman–Crippen MR) is 80.9 cm³/mol. The molecule has 1 rings (SSSR count). The van der Waals surface area contributed by atoms with Crippen LogP contribution in [-0.4, -0.2) is 36.1 Å². The van der Waals surface area contributed by atoms with E-state index in [-0.39, 0.29) is 0 Å². The SMILES string of the molecule is CCNC1CCN(C(C)CC(C)CC)C(C)C1C. The Labute approximate surface area is 115 Å². The smallest absolute Gasteiger partial charge is 0.0120 e. The fourth-order valence-electron chi connectivity index (χ4n) is 3.45. The van der Waals surface area contributed by atoms with Crippen LogP contribution in [-0.2, 0) is 0 Å². The van der Waals surface area contributed by atoms with Crippen molar-refractivity contribution < 1.29 is 0 Å². The minimum Gasteiger partial charge on any atom is -0.314 e. The van der Waals surface area contributed by atoms with Crippen molar-refractivity contribution in [1.29, 1.82) is 0 Å². The molecule has 2 nitrogen and oxygen atoms in total. The summed E-state index contributed by atoms with van der Waals surface area (Å²) in [5, 5.41) is 3.65. The molecule has 5 atom stereocenters. The van der Waals surface area contributed by atoms with E-state index in [1.54, 1.807) is 0 Å². The summed E-state index contributed by atoms with van der Waals surface area (Å²) in [5.74, 6) is 1.62. The monoisotopic (exact) mass is 254 g/mol. The summed E-state index contributed by atoms with van der Waals surface area (Å²) in [5.41, 5.74) is 0. The molecule has 18 heavy (non-hydrogen) atoms. The Kier molecular flexibility index (Phi) is 6.65. The van der Waals surface area contributed by atoms with E-state index in [0.29, 0.717) is 6.04 Å². The fraction of sp³-hybridized carbons (Fsp3) is 1.00. The molecule has 2 heteroatoms. The van der Waals surface area contributed by atoms with Gasteiger partial charge in [-0.15, -0.1) is 0 Å². The zero-order valence-electron chi connectivity index (χ0n) is 13.4. The van der Waals surface area contributed by atoms with E-state index < -0.39 is 0 Å². The number of rotatable bonds is 6. The molecule has 5 unspecified atom stereocenters. The van der Waals surface area contributed by atoms with Crippen molar-refractivity contribution in [3.8, 4) is 0 Å². The van der Waals surface area contributed by atoms with Crippen molar-refractivity contribution >= 4 is 0 Å². The number of hydrogen-bond acceptors (Lipinski definition) is 2. The number of likely N-dealkylation sites (tertiary alicyclic amines) is 1. The molecule has 108 valence electrons. The quantitative estimate of drug-likeness (QED) is 0.780. The largest absolute Gasteiger partial charge is 0.314 e. The van der Waals surface area contributed by atoms with Crippen LogP contribution < -0.4 is 5.32 Å². The van der Waals surface area contributed by atoms with Crippen molar-refractivity contribution in [3.63, 3.8) is 0 Å². The van der Waals surface area contributed by atoms with Gasteiger partial charge in [0.1, 0.15) is 0 Å². The summed E-state index contributed by atoms with van der Waals surface area (Å²) < 4.78 is 0. The summed E-state index contributed by atoms with van der Waals surface area (Å²) in [7, 11) is 0. The van der Waals surface area contributed by atoms with Crippen LogP contribution in [0.5, 0.6) is 0 Å². The fourth-order valence-corrected chi connectivity index (χ4v) is 3.45. The van der Waals surface area contributed by atoms with Gasteiger partial charge in [-0.1, -0.05) is 34.1 Å². The van der Waals surface area contributed by atoms with Gasteiger partial charge in [-0.2, -0.15) is 0 Å². The average Bonchev–Trinajstić information content (AvgIpc) is 2.35. The maximum Gasteiger partial charge on any atom is 0.0120 e. The average molecular weight is 254 g/mol. The zero-order chi connectivity index (χ0) is 13.7. The van der Waals surface area contributed by atoms with Gasteiger partial charge in [0.25, 0.3) is 0 Å². The maximum atomic E-state index is 3.65. The maximum absolute atomic E-state index is 3.65. The molecule has 0 amide bonds. The molecule has 1 aliphatic rings. The topological polar surface area (TPSA) is 15.3 Å². The van der Waals surface area contributed by atoms with Crippen molar-refractivity contribution in [1.82, 2.24) is 10.2 Å². The Morgan fingerprint density at radius 3 is 2.44 bits per heavy atom. The van der Waals surface area contributed by atoms with Gasteiger partial charge in [-0.3, -0.25) is 4.90 Å². The van der Waals surface area contributed by atoms with Crippen LogP contribution in [0.1, 0.15) is 60.8 Å². The molecule has 0 bridgehead atoms. The highest BCUT2D eigenvalue weighted by Crippen LogP contribution is 2.27. The molecule has 0 aromatic rings. The van der Waals surface area contributed by atoms with Crippen molar-refractivity contribution in [2.75, 3.05) is 13.1 Å². The van der Waals surface area contributed by atoms with E-state index >= 15 is 0 Å². The molecular formula is C16H34N2. The van der Waals surface area contributed by atoms with E-state index in [0.717, 1.165) is 30.5 Å². The molecule has 0 aromatic heterocycles. The van der Waals surface area contributed by atoms with Gasteiger partial charge in [0.15, 0.2) is 0 Å². The Morgan fingerprint density at radius 1 is 1.22 bits per heavy atom. The lowest BCUT2D eigenvalue weighted by Crippen LogP contribution is -2.55. The molecule has 0 spiro atoms. The summed E-state index contributed by atoms with van der Waals surface area (Å²) in [4.78, 5) is 2.74. The molecule has 0 radical (unpaired) electrons. The highest BCUT2D eigenvalue weighted by Gasteiger charge is 2.34. The summed E-state index contributed by atoms with van der Waals surface area (Å²) in [6, 6.07) is 2.17. The highest BCUT2D eigenvalue weighted by molar-refractivity contribution is 4.90. The van der Waals surface area contributed by atoms with Gasteiger partial charge in [0.2, 0.25) is 0 Å². The minimum absolute atomic E-state index is 0.710. The van der Waals surface area contributed by atoms with Crippen LogP contribution >= 0.6 is 0 Å². The molecule has 1 heterocycles. The first-order valence-corrected chi connectivity index (χ1v) is 8.00. The summed E-state index contributed by atoms with van der Waals surface area (Å²) >= 11 is 0. The van der Waals surface area contributed by atoms with Crippen LogP contribution in [0.3, 0.4) is 0 Å². The van der Waals surface area contributed by atoms with E-state index in [9.17, 15) is 0 Å². The number of nitrogens with zero attached hydrogens (tertiary/aromatic N) is 1. The molecule has 1 fully saturated rings. The number of hydrogen-bond donors (Lipinski definition) is 1. The van der Waals surface area contributed by atoms with Gasteiger partial charge in [0.05, 0.1) is 0 Å².